The molecule has 0 saturated carbocycles. The maximum absolute atomic E-state index is 13.0. The molecule has 2 aromatic carbocycles. The number of amides is 2. The van der Waals surface area contributed by atoms with Crippen LogP contribution in [0.4, 0.5) is 10.5 Å². The molecule has 2 amide bonds. The van der Waals surface area contributed by atoms with Gasteiger partial charge >= 0.3 is 12.0 Å². The molecule has 0 atom stereocenters. The molecule has 0 aromatic heterocycles. The zero-order valence-corrected chi connectivity index (χ0v) is 17.6. The van der Waals surface area contributed by atoms with E-state index in [-0.39, 0.29) is 6.03 Å². The van der Waals surface area contributed by atoms with Crippen LogP contribution < -0.4 is 5.32 Å². The Morgan fingerprint density at radius 1 is 0.966 bits per heavy atom. The SMILES string of the molecule is CCCCOC(=O)c1ccccc1NC(=O)N(CCN(C)C)Cc1ccccc1. The Morgan fingerprint density at radius 3 is 2.34 bits per heavy atom. The highest BCUT2D eigenvalue weighted by atomic mass is 16.5. The number of esters is 1. The summed E-state index contributed by atoms with van der Waals surface area (Å²) in [7, 11) is 3.94. The zero-order chi connectivity index (χ0) is 21.1. The number of nitrogens with zero attached hydrogens (tertiary/aromatic N) is 2. The molecule has 0 unspecified atom stereocenters. The molecule has 0 radical (unpaired) electrons. The Labute approximate surface area is 173 Å². The quantitative estimate of drug-likeness (QED) is 0.481. The molecule has 156 valence electrons. The van der Waals surface area contributed by atoms with Gasteiger partial charge in [0.1, 0.15) is 0 Å². The number of likely N-dealkylation sites (N-methyl/N-ethyl adjacent to an activating group) is 1. The third kappa shape index (κ3) is 7.58. The van der Waals surface area contributed by atoms with Gasteiger partial charge in [0, 0.05) is 19.6 Å². The van der Waals surface area contributed by atoms with Gasteiger partial charge in [-0.3, -0.25) is 0 Å². The molecule has 0 spiro atoms. The van der Waals surface area contributed by atoms with Gasteiger partial charge in [0.25, 0.3) is 0 Å². The van der Waals surface area contributed by atoms with Crippen LogP contribution in [-0.2, 0) is 11.3 Å². The van der Waals surface area contributed by atoms with E-state index in [4.69, 9.17) is 4.74 Å². The predicted molar refractivity (Wildman–Crippen MR) is 116 cm³/mol. The summed E-state index contributed by atoms with van der Waals surface area (Å²) in [6.45, 7) is 4.21. The summed E-state index contributed by atoms with van der Waals surface area (Å²) >= 11 is 0. The number of rotatable bonds is 10. The fourth-order valence-corrected chi connectivity index (χ4v) is 2.73. The first-order chi connectivity index (χ1) is 14.0. The minimum absolute atomic E-state index is 0.246. The number of hydrogen-bond acceptors (Lipinski definition) is 4. The van der Waals surface area contributed by atoms with Gasteiger partial charge in [-0.2, -0.15) is 0 Å². The second kappa shape index (κ2) is 11.9. The van der Waals surface area contributed by atoms with E-state index >= 15 is 0 Å². The van der Waals surface area contributed by atoms with Crippen molar-refractivity contribution in [3.05, 3.63) is 65.7 Å². The van der Waals surface area contributed by atoms with Crippen molar-refractivity contribution >= 4 is 17.7 Å². The summed E-state index contributed by atoms with van der Waals surface area (Å²) in [5.74, 6) is -0.419. The molecule has 6 nitrogen and oxygen atoms in total. The number of nitrogens with one attached hydrogen (secondary N) is 1. The first-order valence-corrected chi connectivity index (χ1v) is 10.0. The number of urea groups is 1. The van der Waals surface area contributed by atoms with E-state index in [0.717, 1.165) is 24.9 Å². The van der Waals surface area contributed by atoms with Gasteiger partial charge in [-0.15, -0.1) is 0 Å². The molecule has 0 aliphatic heterocycles. The molecule has 0 aliphatic rings. The first-order valence-electron chi connectivity index (χ1n) is 10.0. The van der Waals surface area contributed by atoms with Crippen LogP contribution in [-0.4, -0.2) is 55.6 Å². The number of benzene rings is 2. The number of anilines is 1. The standard InChI is InChI=1S/C23H31N3O3/c1-4-5-17-29-22(27)20-13-9-10-14-21(20)24-23(28)26(16-15-25(2)3)18-19-11-7-6-8-12-19/h6-14H,4-5,15-18H2,1-3H3,(H,24,28). The van der Waals surface area contributed by atoms with Crippen LogP contribution in [0.3, 0.4) is 0 Å². The molecule has 0 aliphatic carbocycles. The van der Waals surface area contributed by atoms with Crippen molar-refractivity contribution < 1.29 is 14.3 Å². The fourth-order valence-electron chi connectivity index (χ4n) is 2.73. The lowest BCUT2D eigenvalue weighted by molar-refractivity contribution is 0.0501. The van der Waals surface area contributed by atoms with E-state index in [1.54, 1.807) is 29.2 Å². The Bertz CT molecular complexity index is 778. The van der Waals surface area contributed by atoms with Crippen molar-refractivity contribution in [1.29, 1.82) is 0 Å². The average molecular weight is 398 g/mol. The molecule has 1 N–H and O–H groups in total. The summed E-state index contributed by atoms with van der Waals surface area (Å²) in [5.41, 5.74) is 1.87. The molecular weight excluding hydrogens is 366 g/mol. The molecule has 2 aromatic rings. The Balaban J connectivity index is 2.12. The lowest BCUT2D eigenvalue weighted by Crippen LogP contribution is -2.39. The minimum Gasteiger partial charge on any atom is -0.462 e. The normalized spacial score (nSPS) is 10.6. The van der Waals surface area contributed by atoms with Crippen LogP contribution >= 0.6 is 0 Å². The van der Waals surface area contributed by atoms with Crippen molar-refractivity contribution in [2.45, 2.75) is 26.3 Å². The lowest BCUT2D eigenvalue weighted by Gasteiger charge is -2.25. The Hall–Kier alpha value is -2.86. The predicted octanol–water partition coefficient (Wildman–Crippen LogP) is 4.24. The molecule has 6 heteroatoms. The Morgan fingerprint density at radius 2 is 1.66 bits per heavy atom. The molecule has 0 bridgehead atoms. The van der Waals surface area contributed by atoms with Crippen molar-refractivity contribution in [3.63, 3.8) is 0 Å². The van der Waals surface area contributed by atoms with Gasteiger partial charge in [0.15, 0.2) is 0 Å². The van der Waals surface area contributed by atoms with E-state index in [1.165, 1.54) is 0 Å². The van der Waals surface area contributed by atoms with Gasteiger partial charge in [0.2, 0.25) is 0 Å². The van der Waals surface area contributed by atoms with Crippen molar-refractivity contribution in [2.75, 3.05) is 39.1 Å². The summed E-state index contributed by atoms with van der Waals surface area (Å²) in [6.07, 6.45) is 1.77. The summed E-state index contributed by atoms with van der Waals surface area (Å²) in [6, 6.07) is 16.6. The highest BCUT2D eigenvalue weighted by molar-refractivity contribution is 6.00. The Kier molecular flexibility index (Phi) is 9.18. The second-order valence-electron chi connectivity index (χ2n) is 7.18. The van der Waals surface area contributed by atoms with E-state index in [9.17, 15) is 9.59 Å². The number of para-hydroxylation sites is 1. The summed E-state index contributed by atoms with van der Waals surface area (Å²) < 4.78 is 5.32. The largest absolute Gasteiger partial charge is 0.462 e. The van der Waals surface area contributed by atoms with Crippen LogP contribution in [0, 0.1) is 0 Å². The van der Waals surface area contributed by atoms with E-state index in [1.807, 2.05) is 56.3 Å². The van der Waals surface area contributed by atoms with Crippen LogP contribution in [0.15, 0.2) is 54.6 Å². The smallest absolute Gasteiger partial charge is 0.340 e. The topological polar surface area (TPSA) is 61.9 Å². The first kappa shape index (κ1) is 22.4. The number of carbonyl (C=O) groups is 2. The minimum atomic E-state index is -0.419. The summed E-state index contributed by atoms with van der Waals surface area (Å²) in [5, 5.41) is 2.89. The maximum atomic E-state index is 13.0. The monoisotopic (exact) mass is 397 g/mol. The van der Waals surface area contributed by atoms with Gasteiger partial charge in [0.05, 0.1) is 17.9 Å². The second-order valence-corrected chi connectivity index (χ2v) is 7.18. The van der Waals surface area contributed by atoms with Crippen molar-refractivity contribution in [2.24, 2.45) is 0 Å². The third-order valence-corrected chi connectivity index (χ3v) is 4.44. The van der Waals surface area contributed by atoms with Gasteiger partial charge in [-0.05, 0) is 38.2 Å². The maximum Gasteiger partial charge on any atom is 0.340 e. The van der Waals surface area contributed by atoms with E-state index < -0.39 is 5.97 Å². The highest BCUT2D eigenvalue weighted by Crippen LogP contribution is 2.18. The van der Waals surface area contributed by atoms with Crippen LogP contribution in [0.1, 0.15) is 35.7 Å². The van der Waals surface area contributed by atoms with E-state index in [0.29, 0.717) is 30.9 Å². The molecule has 0 saturated heterocycles. The molecular formula is C23H31N3O3. The number of carbonyl (C=O) groups excluding carboxylic acids is 2. The molecule has 2 rings (SSSR count). The van der Waals surface area contributed by atoms with E-state index in [2.05, 4.69) is 5.32 Å². The number of unbranched alkanes of at least 4 members (excludes halogenated alkanes) is 1. The lowest BCUT2D eigenvalue weighted by atomic mass is 10.2. The highest BCUT2D eigenvalue weighted by Gasteiger charge is 2.18. The van der Waals surface area contributed by atoms with Gasteiger partial charge < -0.3 is 19.9 Å². The van der Waals surface area contributed by atoms with Crippen LogP contribution in [0.5, 0.6) is 0 Å². The van der Waals surface area contributed by atoms with Crippen LogP contribution in [0.2, 0.25) is 0 Å². The number of hydrogen-bond donors (Lipinski definition) is 1. The van der Waals surface area contributed by atoms with Crippen molar-refractivity contribution in [1.82, 2.24) is 9.80 Å². The summed E-state index contributed by atoms with van der Waals surface area (Å²) in [4.78, 5) is 29.2. The fraction of sp³-hybridized carbons (Fsp3) is 0.391. The van der Waals surface area contributed by atoms with Gasteiger partial charge in [-0.1, -0.05) is 55.8 Å². The van der Waals surface area contributed by atoms with Crippen molar-refractivity contribution in [3.8, 4) is 0 Å². The molecule has 29 heavy (non-hydrogen) atoms. The van der Waals surface area contributed by atoms with Gasteiger partial charge in [-0.25, -0.2) is 9.59 Å². The molecule has 0 fully saturated rings. The third-order valence-electron chi connectivity index (χ3n) is 4.44. The molecule has 0 heterocycles. The average Bonchev–Trinajstić information content (AvgIpc) is 2.72. The zero-order valence-electron chi connectivity index (χ0n) is 17.6. The number of ether oxygens (including phenoxy) is 1. The van der Waals surface area contributed by atoms with Crippen LogP contribution in [0.25, 0.3) is 0 Å².